The van der Waals surface area contributed by atoms with Crippen LogP contribution in [0.15, 0.2) is 6.33 Å². The molecule has 0 aliphatic carbocycles. The van der Waals surface area contributed by atoms with Gasteiger partial charge in [-0.15, -0.1) is 0 Å². The minimum atomic E-state index is -3.78. The van der Waals surface area contributed by atoms with Crippen molar-refractivity contribution in [3.8, 4) is 0 Å². The fourth-order valence-corrected chi connectivity index (χ4v) is 1.44. The van der Waals surface area contributed by atoms with Gasteiger partial charge in [0, 0.05) is 7.05 Å². The minimum absolute atomic E-state index is 0.173. The van der Waals surface area contributed by atoms with E-state index in [0.29, 0.717) is 0 Å². The quantitative estimate of drug-likeness (QED) is 0.645. The summed E-state index contributed by atoms with van der Waals surface area (Å²) in [5, 5.41) is 17.1. The number of rotatable bonds is 3. The standard InChI is InChI=1S/C6H12N4O3S/c1-4(14(7,12)13)5(11)6-8-3-9-10(6)2/h3-5,11H,1-2H3,(H2,7,12,13)/t4-,5-/m1/s1. The maximum atomic E-state index is 10.9. The number of nitrogens with zero attached hydrogens (tertiary/aromatic N) is 3. The third kappa shape index (κ3) is 2.08. The molecule has 3 N–H and O–H groups in total. The number of aliphatic hydroxyl groups excluding tert-OH is 1. The smallest absolute Gasteiger partial charge is 0.214 e. The molecular formula is C6H12N4O3S. The molecule has 0 aliphatic heterocycles. The summed E-state index contributed by atoms with van der Waals surface area (Å²) in [5.41, 5.74) is 0. The van der Waals surface area contributed by atoms with Gasteiger partial charge in [0.15, 0.2) is 5.82 Å². The molecule has 0 radical (unpaired) electrons. The molecule has 0 saturated heterocycles. The van der Waals surface area contributed by atoms with E-state index in [1.165, 1.54) is 17.9 Å². The van der Waals surface area contributed by atoms with Crippen molar-refractivity contribution < 1.29 is 13.5 Å². The number of primary sulfonamides is 1. The van der Waals surface area contributed by atoms with E-state index in [-0.39, 0.29) is 5.82 Å². The molecule has 0 aliphatic rings. The monoisotopic (exact) mass is 220 g/mol. The van der Waals surface area contributed by atoms with Crippen molar-refractivity contribution in [1.82, 2.24) is 14.8 Å². The van der Waals surface area contributed by atoms with Gasteiger partial charge in [-0.2, -0.15) is 5.10 Å². The second-order valence-corrected chi connectivity index (χ2v) is 4.90. The van der Waals surface area contributed by atoms with Crippen LogP contribution in [0.2, 0.25) is 0 Å². The number of aliphatic hydroxyl groups is 1. The summed E-state index contributed by atoms with van der Waals surface area (Å²) in [4.78, 5) is 3.73. The molecule has 1 aromatic heterocycles. The number of aryl methyl sites for hydroxylation is 1. The van der Waals surface area contributed by atoms with Crippen molar-refractivity contribution in [1.29, 1.82) is 0 Å². The van der Waals surface area contributed by atoms with Crippen LogP contribution >= 0.6 is 0 Å². The summed E-state index contributed by atoms with van der Waals surface area (Å²) in [5.74, 6) is 0.173. The predicted octanol–water partition coefficient (Wildman–Crippen LogP) is -1.47. The Hall–Kier alpha value is -0.990. The number of aromatic nitrogens is 3. The lowest BCUT2D eigenvalue weighted by Crippen LogP contribution is -2.32. The highest BCUT2D eigenvalue weighted by Crippen LogP contribution is 2.17. The van der Waals surface area contributed by atoms with Gasteiger partial charge in [0.25, 0.3) is 0 Å². The predicted molar refractivity (Wildman–Crippen MR) is 48.5 cm³/mol. The number of hydrogen-bond acceptors (Lipinski definition) is 5. The molecule has 1 aromatic rings. The first-order chi connectivity index (χ1) is 6.34. The Morgan fingerprint density at radius 1 is 1.64 bits per heavy atom. The summed E-state index contributed by atoms with van der Waals surface area (Å²) < 4.78 is 23.2. The Labute approximate surface area is 81.6 Å². The first kappa shape index (κ1) is 11.1. The van der Waals surface area contributed by atoms with Gasteiger partial charge in [0.2, 0.25) is 10.0 Å². The van der Waals surface area contributed by atoms with Crippen molar-refractivity contribution >= 4 is 10.0 Å². The van der Waals surface area contributed by atoms with Crippen molar-refractivity contribution in [3.63, 3.8) is 0 Å². The SMILES string of the molecule is C[C@H]([C@@H](O)c1ncnn1C)S(N)(=O)=O. The van der Waals surface area contributed by atoms with Crippen LogP contribution in [0.3, 0.4) is 0 Å². The molecule has 0 saturated carbocycles. The van der Waals surface area contributed by atoms with Gasteiger partial charge in [0.1, 0.15) is 17.7 Å². The van der Waals surface area contributed by atoms with E-state index in [1.807, 2.05) is 0 Å². The summed E-state index contributed by atoms with van der Waals surface area (Å²) >= 11 is 0. The fraction of sp³-hybridized carbons (Fsp3) is 0.667. The van der Waals surface area contributed by atoms with Gasteiger partial charge < -0.3 is 5.11 Å². The van der Waals surface area contributed by atoms with E-state index < -0.39 is 21.4 Å². The lowest BCUT2D eigenvalue weighted by Gasteiger charge is -2.15. The van der Waals surface area contributed by atoms with Gasteiger partial charge in [-0.1, -0.05) is 0 Å². The molecule has 1 rings (SSSR count). The molecule has 0 fully saturated rings. The molecule has 0 aromatic carbocycles. The van der Waals surface area contributed by atoms with E-state index in [4.69, 9.17) is 5.14 Å². The van der Waals surface area contributed by atoms with E-state index in [2.05, 4.69) is 10.1 Å². The maximum Gasteiger partial charge on any atom is 0.214 e. The summed E-state index contributed by atoms with van der Waals surface area (Å²) in [6.07, 6.45) is -0.0356. The molecule has 1 heterocycles. The third-order valence-electron chi connectivity index (χ3n) is 1.97. The van der Waals surface area contributed by atoms with Crippen LogP contribution in [0.1, 0.15) is 18.9 Å². The molecule has 0 spiro atoms. The molecular weight excluding hydrogens is 208 g/mol. The van der Waals surface area contributed by atoms with Crippen LogP contribution < -0.4 is 5.14 Å². The molecule has 80 valence electrons. The Bertz CT molecular complexity index is 412. The highest BCUT2D eigenvalue weighted by Gasteiger charge is 2.28. The molecule has 0 unspecified atom stereocenters. The summed E-state index contributed by atoms with van der Waals surface area (Å²) in [6, 6.07) is 0. The van der Waals surface area contributed by atoms with E-state index in [1.54, 1.807) is 7.05 Å². The van der Waals surface area contributed by atoms with Crippen LogP contribution in [0.5, 0.6) is 0 Å². The van der Waals surface area contributed by atoms with E-state index >= 15 is 0 Å². The van der Waals surface area contributed by atoms with Crippen LogP contribution in [0.25, 0.3) is 0 Å². The highest BCUT2D eigenvalue weighted by molar-refractivity contribution is 7.89. The molecule has 0 bridgehead atoms. The molecule has 2 atom stereocenters. The van der Waals surface area contributed by atoms with E-state index in [9.17, 15) is 13.5 Å². The normalized spacial score (nSPS) is 16.6. The van der Waals surface area contributed by atoms with Crippen LogP contribution in [-0.4, -0.2) is 33.5 Å². The Morgan fingerprint density at radius 3 is 2.57 bits per heavy atom. The van der Waals surface area contributed by atoms with Crippen molar-refractivity contribution in [2.24, 2.45) is 12.2 Å². The largest absolute Gasteiger partial charge is 0.384 e. The first-order valence-electron chi connectivity index (χ1n) is 3.87. The number of sulfonamides is 1. The van der Waals surface area contributed by atoms with Crippen LogP contribution in [0.4, 0.5) is 0 Å². The van der Waals surface area contributed by atoms with E-state index in [0.717, 1.165) is 0 Å². The maximum absolute atomic E-state index is 10.9. The zero-order valence-corrected chi connectivity index (χ0v) is 8.64. The van der Waals surface area contributed by atoms with Crippen molar-refractivity contribution in [2.75, 3.05) is 0 Å². The van der Waals surface area contributed by atoms with Crippen LogP contribution in [0, 0.1) is 0 Å². The average Bonchev–Trinajstić information content (AvgIpc) is 2.47. The third-order valence-corrected chi connectivity index (χ3v) is 3.27. The minimum Gasteiger partial charge on any atom is -0.384 e. The Kier molecular flexibility index (Phi) is 2.88. The summed E-state index contributed by atoms with van der Waals surface area (Å²) in [6.45, 7) is 1.31. The fourth-order valence-electron chi connectivity index (χ4n) is 0.963. The summed E-state index contributed by atoms with van der Waals surface area (Å²) in [7, 11) is -2.22. The molecule has 8 heteroatoms. The topological polar surface area (TPSA) is 111 Å². The highest BCUT2D eigenvalue weighted by atomic mass is 32.2. The zero-order valence-electron chi connectivity index (χ0n) is 7.82. The lowest BCUT2D eigenvalue weighted by molar-refractivity contribution is 0.161. The molecule has 0 amide bonds. The second-order valence-electron chi connectivity index (χ2n) is 2.98. The van der Waals surface area contributed by atoms with Gasteiger partial charge in [-0.05, 0) is 6.92 Å². The zero-order chi connectivity index (χ0) is 10.9. The Balaban J connectivity index is 2.97. The van der Waals surface area contributed by atoms with Crippen molar-refractivity contribution in [2.45, 2.75) is 18.3 Å². The second kappa shape index (κ2) is 3.64. The first-order valence-corrected chi connectivity index (χ1v) is 5.48. The molecule has 14 heavy (non-hydrogen) atoms. The van der Waals surface area contributed by atoms with Gasteiger partial charge in [0.05, 0.1) is 0 Å². The van der Waals surface area contributed by atoms with Gasteiger partial charge in [-0.25, -0.2) is 18.5 Å². The average molecular weight is 220 g/mol. The van der Waals surface area contributed by atoms with Gasteiger partial charge >= 0.3 is 0 Å². The van der Waals surface area contributed by atoms with Gasteiger partial charge in [-0.3, -0.25) is 4.68 Å². The van der Waals surface area contributed by atoms with Crippen molar-refractivity contribution in [3.05, 3.63) is 12.2 Å². The molecule has 7 nitrogen and oxygen atoms in total. The number of nitrogens with two attached hydrogens (primary N) is 1. The number of hydrogen-bond donors (Lipinski definition) is 2. The van der Waals surface area contributed by atoms with Crippen LogP contribution in [-0.2, 0) is 17.1 Å². The Morgan fingerprint density at radius 2 is 2.21 bits per heavy atom. The lowest BCUT2D eigenvalue weighted by atomic mass is 10.2.